The van der Waals surface area contributed by atoms with Gasteiger partial charge in [0.25, 0.3) is 5.91 Å². The van der Waals surface area contributed by atoms with Crippen molar-refractivity contribution in [3.63, 3.8) is 0 Å². The molecule has 0 unspecified atom stereocenters. The Balaban J connectivity index is 1.78. The minimum absolute atomic E-state index is 0.0204. The van der Waals surface area contributed by atoms with Crippen molar-refractivity contribution in [2.45, 2.75) is 13.1 Å². The maximum absolute atomic E-state index is 13.4. The Labute approximate surface area is 169 Å². The zero-order chi connectivity index (χ0) is 19.7. The highest BCUT2D eigenvalue weighted by molar-refractivity contribution is 7.91. The number of rotatable bonds is 4. The highest BCUT2D eigenvalue weighted by Gasteiger charge is 2.41. The normalized spacial score (nSPS) is 15.4. The van der Waals surface area contributed by atoms with Crippen LogP contribution in [0, 0.1) is 0 Å². The lowest BCUT2D eigenvalue weighted by Crippen LogP contribution is -2.50. The maximum Gasteiger partial charge on any atom is 0.329 e. The number of hydrogen-bond donors (Lipinski definition) is 0. The third kappa shape index (κ3) is 3.37. The lowest BCUT2D eigenvalue weighted by molar-refractivity contribution is 0.0851. The standard InChI is InChI=1S/C21H17ClN2O3S/c22-18-12-10-17(11-13-18)14-23-20-9-5-4-8-19(20)21(25)24(28(23,26)27)15-16-6-2-1-3-7-16/h1-13H,14-15H2. The molecule has 1 amide bonds. The fourth-order valence-electron chi connectivity index (χ4n) is 3.18. The van der Waals surface area contributed by atoms with E-state index in [1.807, 2.05) is 18.2 Å². The maximum atomic E-state index is 13.4. The SMILES string of the molecule is O=C1c2ccccc2N(Cc2ccc(Cl)cc2)S(=O)(=O)N1Cc1ccccc1. The first kappa shape index (κ1) is 18.5. The number of halogens is 1. The number of amides is 1. The Morgan fingerprint density at radius 2 is 1.29 bits per heavy atom. The molecular formula is C21H17ClN2O3S. The van der Waals surface area contributed by atoms with Crippen molar-refractivity contribution in [2.75, 3.05) is 4.31 Å². The van der Waals surface area contributed by atoms with E-state index in [9.17, 15) is 13.2 Å². The summed E-state index contributed by atoms with van der Waals surface area (Å²) >= 11 is 5.94. The van der Waals surface area contributed by atoms with E-state index in [0.717, 1.165) is 15.4 Å². The van der Waals surface area contributed by atoms with Gasteiger partial charge in [-0.2, -0.15) is 8.42 Å². The van der Waals surface area contributed by atoms with Crippen LogP contribution in [-0.4, -0.2) is 18.6 Å². The van der Waals surface area contributed by atoms with Crippen molar-refractivity contribution in [1.29, 1.82) is 0 Å². The minimum Gasteiger partial charge on any atom is -0.268 e. The van der Waals surface area contributed by atoms with Crippen molar-refractivity contribution in [3.05, 3.63) is 101 Å². The number of carbonyl (C=O) groups excluding carboxylic acids is 1. The van der Waals surface area contributed by atoms with Crippen LogP contribution in [0.5, 0.6) is 0 Å². The second-order valence-corrected chi connectivity index (χ2v) is 8.67. The van der Waals surface area contributed by atoms with Gasteiger partial charge in [0.05, 0.1) is 24.3 Å². The van der Waals surface area contributed by atoms with Gasteiger partial charge in [0.1, 0.15) is 0 Å². The van der Waals surface area contributed by atoms with E-state index in [1.54, 1.807) is 60.7 Å². The molecule has 0 bridgehead atoms. The summed E-state index contributed by atoms with van der Waals surface area (Å²) in [5, 5.41) is 0.575. The van der Waals surface area contributed by atoms with Crippen molar-refractivity contribution in [1.82, 2.24) is 4.31 Å². The van der Waals surface area contributed by atoms with E-state index in [2.05, 4.69) is 0 Å². The number of carbonyl (C=O) groups is 1. The van der Waals surface area contributed by atoms with Gasteiger partial charge in [-0.25, -0.2) is 8.61 Å². The largest absolute Gasteiger partial charge is 0.329 e. The van der Waals surface area contributed by atoms with Crippen LogP contribution in [0.4, 0.5) is 5.69 Å². The zero-order valence-electron chi connectivity index (χ0n) is 14.8. The molecule has 0 spiro atoms. The van der Waals surface area contributed by atoms with E-state index in [-0.39, 0.29) is 13.1 Å². The quantitative estimate of drug-likeness (QED) is 0.643. The second kappa shape index (κ2) is 7.30. The minimum atomic E-state index is -4.05. The van der Waals surface area contributed by atoms with Gasteiger partial charge in [-0.05, 0) is 35.4 Å². The van der Waals surface area contributed by atoms with E-state index in [0.29, 0.717) is 16.3 Å². The van der Waals surface area contributed by atoms with Crippen LogP contribution < -0.4 is 4.31 Å². The van der Waals surface area contributed by atoms with Gasteiger partial charge >= 0.3 is 10.2 Å². The topological polar surface area (TPSA) is 57.7 Å². The predicted octanol–water partition coefficient (Wildman–Crippen LogP) is 4.25. The Hall–Kier alpha value is -2.83. The van der Waals surface area contributed by atoms with E-state index in [1.165, 1.54) is 4.31 Å². The zero-order valence-corrected chi connectivity index (χ0v) is 16.4. The first-order chi connectivity index (χ1) is 13.5. The molecule has 4 rings (SSSR count). The summed E-state index contributed by atoms with van der Waals surface area (Å²) in [5.74, 6) is -0.521. The molecule has 1 aliphatic rings. The van der Waals surface area contributed by atoms with Gasteiger partial charge in [-0.1, -0.05) is 66.2 Å². The van der Waals surface area contributed by atoms with Crippen LogP contribution in [-0.2, 0) is 23.3 Å². The molecule has 28 heavy (non-hydrogen) atoms. The number of fused-ring (bicyclic) bond motifs is 1. The van der Waals surface area contributed by atoms with Crippen LogP contribution in [0.3, 0.4) is 0 Å². The molecule has 5 nitrogen and oxygen atoms in total. The molecule has 142 valence electrons. The summed E-state index contributed by atoms with van der Waals surface area (Å²) in [6.07, 6.45) is 0. The summed E-state index contributed by atoms with van der Waals surface area (Å²) < 4.78 is 28.9. The molecule has 0 fully saturated rings. The number of benzene rings is 3. The van der Waals surface area contributed by atoms with Crippen LogP contribution >= 0.6 is 11.6 Å². The monoisotopic (exact) mass is 412 g/mol. The third-order valence-electron chi connectivity index (χ3n) is 4.60. The number of nitrogens with zero attached hydrogens (tertiary/aromatic N) is 2. The molecule has 0 radical (unpaired) electrons. The van der Waals surface area contributed by atoms with Gasteiger partial charge in [-0.3, -0.25) is 4.79 Å². The Kier molecular flexibility index (Phi) is 4.83. The summed E-state index contributed by atoms with van der Waals surface area (Å²) in [4.78, 5) is 13.0. The number of para-hydroxylation sites is 1. The fraction of sp³-hybridized carbons (Fsp3) is 0.0952. The van der Waals surface area contributed by atoms with E-state index < -0.39 is 16.1 Å². The second-order valence-electron chi connectivity index (χ2n) is 6.46. The van der Waals surface area contributed by atoms with Gasteiger partial charge in [0, 0.05) is 5.02 Å². The van der Waals surface area contributed by atoms with Crippen LogP contribution in [0.15, 0.2) is 78.9 Å². The van der Waals surface area contributed by atoms with Crippen molar-refractivity contribution < 1.29 is 13.2 Å². The molecule has 7 heteroatoms. The van der Waals surface area contributed by atoms with Crippen LogP contribution in [0.25, 0.3) is 0 Å². The van der Waals surface area contributed by atoms with Crippen molar-refractivity contribution in [3.8, 4) is 0 Å². The summed E-state index contributed by atoms with van der Waals surface area (Å²) in [7, 11) is -4.05. The lowest BCUT2D eigenvalue weighted by Gasteiger charge is -2.37. The molecule has 1 heterocycles. The lowest BCUT2D eigenvalue weighted by atomic mass is 10.1. The Morgan fingerprint density at radius 3 is 2.00 bits per heavy atom. The van der Waals surface area contributed by atoms with Crippen molar-refractivity contribution in [2.24, 2.45) is 0 Å². The van der Waals surface area contributed by atoms with Gasteiger partial charge < -0.3 is 0 Å². The fourth-order valence-corrected chi connectivity index (χ4v) is 4.88. The molecule has 0 atom stereocenters. The van der Waals surface area contributed by atoms with Crippen LogP contribution in [0.1, 0.15) is 21.5 Å². The summed E-state index contributed by atoms with van der Waals surface area (Å²) in [6, 6.07) is 22.8. The molecule has 3 aromatic rings. The smallest absolute Gasteiger partial charge is 0.268 e. The van der Waals surface area contributed by atoms with Gasteiger partial charge in [0.15, 0.2) is 0 Å². The average molecular weight is 413 g/mol. The molecule has 0 aliphatic carbocycles. The van der Waals surface area contributed by atoms with E-state index in [4.69, 9.17) is 11.6 Å². The molecule has 0 saturated carbocycles. The molecule has 0 N–H and O–H groups in total. The van der Waals surface area contributed by atoms with Crippen molar-refractivity contribution >= 4 is 33.4 Å². The third-order valence-corrected chi connectivity index (χ3v) is 6.58. The summed E-state index contributed by atoms with van der Waals surface area (Å²) in [6.45, 7) is 0.0859. The van der Waals surface area contributed by atoms with Crippen LogP contribution in [0.2, 0.25) is 5.02 Å². The van der Waals surface area contributed by atoms with E-state index >= 15 is 0 Å². The predicted molar refractivity (Wildman–Crippen MR) is 109 cm³/mol. The first-order valence-electron chi connectivity index (χ1n) is 8.69. The highest BCUT2D eigenvalue weighted by Crippen LogP contribution is 2.34. The van der Waals surface area contributed by atoms with Gasteiger partial charge in [0.2, 0.25) is 0 Å². The number of hydrogen-bond acceptors (Lipinski definition) is 3. The highest BCUT2D eigenvalue weighted by atomic mass is 35.5. The Bertz CT molecular complexity index is 1120. The number of anilines is 1. The molecule has 3 aromatic carbocycles. The molecule has 0 aromatic heterocycles. The van der Waals surface area contributed by atoms with Gasteiger partial charge in [-0.15, -0.1) is 0 Å². The molecule has 0 saturated heterocycles. The summed E-state index contributed by atoms with van der Waals surface area (Å²) in [5.41, 5.74) is 2.26. The average Bonchev–Trinajstić information content (AvgIpc) is 2.71. The first-order valence-corrected chi connectivity index (χ1v) is 10.5. The Morgan fingerprint density at radius 1 is 0.714 bits per heavy atom. The molecular weight excluding hydrogens is 396 g/mol. The molecule has 1 aliphatic heterocycles.